The van der Waals surface area contributed by atoms with Crippen LogP contribution in [0.2, 0.25) is 10.0 Å². The molecule has 0 spiro atoms. The summed E-state index contributed by atoms with van der Waals surface area (Å²) in [5.41, 5.74) is 1.10. The minimum atomic E-state index is -0.713. The molecule has 0 aromatic heterocycles. The minimum Gasteiger partial charge on any atom is -0.493 e. The largest absolute Gasteiger partial charge is 0.493 e. The molecule has 1 atom stereocenters. The molecular weight excluding hydrogens is 463 g/mol. The van der Waals surface area contributed by atoms with Crippen LogP contribution in [0, 0.1) is 0 Å². The normalized spacial score (nSPS) is 12.1. The van der Waals surface area contributed by atoms with Crippen LogP contribution in [0.4, 0.5) is 0 Å². The van der Waals surface area contributed by atoms with E-state index in [1.165, 1.54) is 4.90 Å². The van der Waals surface area contributed by atoms with Gasteiger partial charge in [-0.2, -0.15) is 0 Å². The van der Waals surface area contributed by atoms with E-state index < -0.39 is 11.6 Å². The van der Waals surface area contributed by atoms with Crippen LogP contribution in [-0.2, 0) is 22.6 Å². The number of methoxy groups -OCH3 is 2. The van der Waals surface area contributed by atoms with E-state index in [9.17, 15) is 9.59 Å². The van der Waals surface area contributed by atoms with E-state index in [-0.39, 0.29) is 24.8 Å². The topological polar surface area (TPSA) is 67.9 Å². The van der Waals surface area contributed by atoms with E-state index in [2.05, 4.69) is 5.32 Å². The number of halogens is 2. The van der Waals surface area contributed by atoms with Crippen molar-refractivity contribution in [2.24, 2.45) is 0 Å². The summed E-state index contributed by atoms with van der Waals surface area (Å²) in [6.07, 6.45) is 0.671. The van der Waals surface area contributed by atoms with Gasteiger partial charge in [-0.15, -0.1) is 0 Å². The zero-order chi connectivity index (χ0) is 24.8. The third kappa shape index (κ3) is 7.54. The second kappa shape index (κ2) is 11.6. The van der Waals surface area contributed by atoms with Gasteiger partial charge in [0.05, 0.1) is 14.2 Å². The van der Waals surface area contributed by atoms with E-state index in [1.54, 1.807) is 45.4 Å². The number of carbonyl (C=O) groups excluding carboxylic acids is 2. The van der Waals surface area contributed by atoms with Crippen LogP contribution in [0.15, 0.2) is 36.4 Å². The maximum atomic E-state index is 13.3. The fraction of sp³-hybridized carbons (Fsp3) is 0.440. The molecule has 0 aliphatic heterocycles. The van der Waals surface area contributed by atoms with E-state index in [1.807, 2.05) is 32.9 Å². The van der Waals surface area contributed by atoms with Gasteiger partial charge >= 0.3 is 0 Å². The molecule has 0 unspecified atom stereocenters. The van der Waals surface area contributed by atoms with Gasteiger partial charge in [-0.3, -0.25) is 9.59 Å². The van der Waals surface area contributed by atoms with E-state index >= 15 is 0 Å². The minimum absolute atomic E-state index is 0.127. The second-order valence-electron chi connectivity index (χ2n) is 8.83. The van der Waals surface area contributed by atoms with Crippen LogP contribution >= 0.6 is 23.2 Å². The highest BCUT2D eigenvalue weighted by Crippen LogP contribution is 2.29. The van der Waals surface area contributed by atoms with Crippen LogP contribution in [0.1, 0.15) is 45.2 Å². The van der Waals surface area contributed by atoms with Crippen molar-refractivity contribution in [3.63, 3.8) is 0 Å². The first kappa shape index (κ1) is 26.8. The zero-order valence-electron chi connectivity index (χ0n) is 20.0. The molecule has 2 aromatic carbocycles. The number of rotatable bonds is 9. The monoisotopic (exact) mass is 494 g/mol. The quantitative estimate of drug-likeness (QED) is 0.515. The molecular formula is C25H32Cl2N2O4. The molecule has 0 fully saturated rings. The number of amides is 2. The first-order chi connectivity index (χ1) is 15.5. The lowest BCUT2D eigenvalue weighted by Crippen LogP contribution is -2.52. The first-order valence-electron chi connectivity index (χ1n) is 10.7. The average molecular weight is 495 g/mol. The predicted octanol–water partition coefficient (Wildman–Crippen LogP) is 5.28. The summed E-state index contributed by atoms with van der Waals surface area (Å²) in [6, 6.07) is 10.0. The van der Waals surface area contributed by atoms with Gasteiger partial charge in [-0.25, -0.2) is 0 Å². The summed E-state index contributed by atoms with van der Waals surface area (Å²) < 4.78 is 10.6. The van der Waals surface area contributed by atoms with Crippen LogP contribution in [0.3, 0.4) is 0 Å². The Hall–Kier alpha value is -2.44. The third-order valence-corrected chi connectivity index (χ3v) is 5.84. The standard InChI is InChI=1S/C25H32Cl2N2O4/c1-16(24(31)28-25(2,3)4)29(15-18-19(26)8-7-9-20(18)27)23(30)13-11-17-10-12-21(32-5)22(14-17)33-6/h7-10,12,14,16H,11,13,15H2,1-6H3,(H,28,31)/t16-/m0/s1. The second-order valence-corrected chi connectivity index (χ2v) is 9.64. The molecule has 6 nitrogen and oxygen atoms in total. The van der Waals surface area contributed by atoms with Crippen LogP contribution in [0.5, 0.6) is 11.5 Å². The van der Waals surface area contributed by atoms with Crippen molar-refractivity contribution in [1.29, 1.82) is 0 Å². The van der Waals surface area contributed by atoms with Gasteiger partial charge in [0.2, 0.25) is 11.8 Å². The number of nitrogens with zero attached hydrogens (tertiary/aromatic N) is 1. The van der Waals surface area contributed by atoms with Gasteiger partial charge in [0.25, 0.3) is 0 Å². The first-order valence-corrected chi connectivity index (χ1v) is 11.5. The lowest BCUT2D eigenvalue weighted by Gasteiger charge is -2.32. The van der Waals surface area contributed by atoms with Gasteiger partial charge in [0.1, 0.15) is 6.04 Å². The number of ether oxygens (including phenoxy) is 2. The maximum absolute atomic E-state index is 13.3. The van der Waals surface area contributed by atoms with Gasteiger partial charge in [0.15, 0.2) is 11.5 Å². The highest BCUT2D eigenvalue weighted by molar-refractivity contribution is 6.36. The Morgan fingerprint density at radius 2 is 1.64 bits per heavy atom. The van der Waals surface area contributed by atoms with Gasteiger partial charge in [-0.1, -0.05) is 35.3 Å². The summed E-state index contributed by atoms with van der Waals surface area (Å²) >= 11 is 12.7. The molecule has 2 rings (SSSR count). The fourth-order valence-corrected chi connectivity index (χ4v) is 3.86. The lowest BCUT2D eigenvalue weighted by molar-refractivity contribution is -0.141. The lowest BCUT2D eigenvalue weighted by atomic mass is 10.1. The molecule has 0 saturated carbocycles. The molecule has 0 saturated heterocycles. The summed E-state index contributed by atoms with van der Waals surface area (Å²) in [5.74, 6) is 0.789. The molecule has 2 amide bonds. The van der Waals surface area contributed by atoms with Crippen molar-refractivity contribution in [2.75, 3.05) is 14.2 Å². The average Bonchev–Trinajstić information content (AvgIpc) is 2.75. The highest BCUT2D eigenvalue weighted by Gasteiger charge is 2.29. The molecule has 180 valence electrons. The summed E-state index contributed by atoms with van der Waals surface area (Å²) in [6.45, 7) is 7.52. The van der Waals surface area contributed by atoms with Crippen LogP contribution in [0.25, 0.3) is 0 Å². The molecule has 33 heavy (non-hydrogen) atoms. The van der Waals surface area contributed by atoms with Crippen LogP contribution in [-0.4, -0.2) is 42.5 Å². The van der Waals surface area contributed by atoms with Crippen molar-refractivity contribution in [3.05, 3.63) is 57.6 Å². The molecule has 0 radical (unpaired) electrons. The number of benzene rings is 2. The SMILES string of the molecule is COc1ccc(CCC(=O)N(Cc2c(Cl)cccc2Cl)[C@@H](C)C(=O)NC(C)(C)C)cc1OC. The van der Waals surface area contributed by atoms with E-state index in [4.69, 9.17) is 32.7 Å². The zero-order valence-corrected chi connectivity index (χ0v) is 21.5. The Morgan fingerprint density at radius 1 is 1.03 bits per heavy atom. The van der Waals surface area contributed by atoms with Crippen molar-refractivity contribution in [3.8, 4) is 11.5 Å². The third-order valence-electron chi connectivity index (χ3n) is 5.13. The molecule has 2 aromatic rings. The Bertz CT molecular complexity index is 969. The highest BCUT2D eigenvalue weighted by atomic mass is 35.5. The Kier molecular flexibility index (Phi) is 9.44. The van der Waals surface area contributed by atoms with Crippen molar-refractivity contribution < 1.29 is 19.1 Å². The maximum Gasteiger partial charge on any atom is 0.242 e. The molecule has 1 N–H and O–H groups in total. The van der Waals surface area contributed by atoms with Crippen LogP contribution < -0.4 is 14.8 Å². The summed E-state index contributed by atoms with van der Waals surface area (Å²) in [4.78, 5) is 27.8. The van der Waals surface area contributed by atoms with Gasteiger partial charge in [-0.05, 0) is 63.9 Å². The Labute approximate surface area is 206 Å². The summed E-state index contributed by atoms with van der Waals surface area (Å²) in [7, 11) is 3.14. The smallest absolute Gasteiger partial charge is 0.242 e. The van der Waals surface area contributed by atoms with E-state index in [0.29, 0.717) is 33.5 Å². The molecule has 0 aliphatic carbocycles. The van der Waals surface area contributed by atoms with Crippen molar-refractivity contribution in [2.45, 2.75) is 58.7 Å². The molecule has 0 aliphatic rings. The predicted molar refractivity (Wildman–Crippen MR) is 132 cm³/mol. The molecule has 8 heteroatoms. The molecule has 0 bridgehead atoms. The van der Waals surface area contributed by atoms with E-state index in [0.717, 1.165) is 5.56 Å². The molecule has 0 heterocycles. The fourth-order valence-electron chi connectivity index (χ4n) is 3.34. The Morgan fingerprint density at radius 3 is 2.18 bits per heavy atom. The van der Waals surface area contributed by atoms with Crippen molar-refractivity contribution in [1.82, 2.24) is 10.2 Å². The Balaban J connectivity index is 2.26. The summed E-state index contributed by atoms with van der Waals surface area (Å²) in [5, 5.41) is 3.84. The number of hydrogen-bond donors (Lipinski definition) is 1. The number of aryl methyl sites for hydroxylation is 1. The number of hydrogen-bond acceptors (Lipinski definition) is 4. The number of nitrogens with one attached hydrogen (secondary N) is 1. The van der Waals surface area contributed by atoms with Crippen molar-refractivity contribution >= 4 is 35.0 Å². The number of carbonyl (C=O) groups is 2. The van der Waals surface area contributed by atoms with Gasteiger partial charge < -0.3 is 19.7 Å². The van der Waals surface area contributed by atoms with Gasteiger partial charge in [0, 0.05) is 34.1 Å².